The Morgan fingerprint density at radius 3 is 2.44 bits per heavy atom. The summed E-state index contributed by atoms with van der Waals surface area (Å²) in [6.07, 6.45) is 3.33. The number of rotatable bonds is 7. The molecular formula is C31H30FN3O6. The fourth-order valence-electron chi connectivity index (χ4n) is 4.85. The first-order valence-corrected chi connectivity index (χ1v) is 13.6. The highest BCUT2D eigenvalue weighted by molar-refractivity contribution is 5.95. The Morgan fingerprint density at radius 2 is 1.68 bits per heavy atom. The summed E-state index contributed by atoms with van der Waals surface area (Å²) in [5.74, 6) is 2.50. The highest BCUT2D eigenvalue weighted by Gasteiger charge is 2.27. The smallest absolute Gasteiger partial charge is 0.319 e. The Morgan fingerprint density at radius 1 is 0.951 bits per heavy atom. The molecule has 0 radical (unpaired) electrons. The number of amides is 2. The monoisotopic (exact) mass is 559 g/mol. The summed E-state index contributed by atoms with van der Waals surface area (Å²) < 4.78 is 43.2. The fraction of sp³-hybridized carbons (Fsp3) is 0.290. The molecule has 1 saturated heterocycles. The zero-order valence-corrected chi connectivity index (χ0v) is 22.5. The van der Waals surface area contributed by atoms with Gasteiger partial charge in [0.15, 0.2) is 11.5 Å². The zero-order valence-electron chi connectivity index (χ0n) is 22.5. The van der Waals surface area contributed by atoms with Gasteiger partial charge >= 0.3 is 6.03 Å². The Labute approximate surface area is 236 Å². The number of benzene rings is 3. The largest absolute Gasteiger partial charge is 0.486 e. The molecule has 1 aromatic heterocycles. The van der Waals surface area contributed by atoms with Gasteiger partial charge in [-0.3, -0.25) is 4.98 Å². The maximum absolute atomic E-state index is 13.2. The van der Waals surface area contributed by atoms with Crippen LogP contribution in [-0.4, -0.2) is 43.5 Å². The Hall–Kier alpha value is -4.57. The molecule has 0 saturated carbocycles. The van der Waals surface area contributed by atoms with Gasteiger partial charge in [-0.1, -0.05) is 12.1 Å². The number of pyridine rings is 1. The molecule has 2 N–H and O–H groups in total. The van der Waals surface area contributed by atoms with Crippen LogP contribution in [0.4, 0.5) is 14.9 Å². The maximum atomic E-state index is 13.2. The molecule has 1 fully saturated rings. The van der Waals surface area contributed by atoms with Crippen LogP contribution in [0.1, 0.15) is 31.4 Å². The lowest BCUT2D eigenvalue weighted by molar-refractivity contribution is 0.0234. The Balaban J connectivity index is 1.17. The van der Waals surface area contributed by atoms with Gasteiger partial charge in [-0.2, -0.15) is 0 Å². The van der Waals surface area contributed by atoms with E-state index >= 15 is 0 Å². The number of urea groups is 1. The Kier molecular flexibility index (Phi) is 7.73. The van der Waals surface area contributed by atoms with Crippen molar-refractivity contribution in [1.29, 1.82) is 0 Å². The topological polar surface area (TPSA) is 100 Å². The van der Waals surface area contributed by atoms with E-state index in [4.69, 9.17) is 23.7 Å². The van der Waals surface area contributed by atoms with Gasteiger partial charge in [-0.25, -0.2) is 9.18 Å². The van der Waals surface area contributed by atoms with Crippen LogP contribution in [0.15, 0.2) is 66.9 Å². The molecule has 2 aliphatic heterocycles. The van der Waals surface area contributed by atoms with Crippen molar-refractivity contribution < 1.29 is 32.9 Å². The van der Waals surface area contributed by atoms with E-state index < -0.39 is 0 Å². The third kappa shape index (κ3) is 6.12. The molecule has 10 heteroatoms. The summed E-state index contributed by atoms with van der Waals surface area (Å²) in [6.45, 7) is 3.99. The minimum atomic E-state index is -0.377. The second-order valence-corrected chi connectivity index (χ2v) is 9.86. The number of halogens is 1. The summed E-state index contributed by atoms with van der Waals surface area (Å²) in [5.41, 5.74) is 2.05. The number of anilines is 1. The summed E-state index contributed by atoms with van der Waals surface area (Å²) in [5, 5.41) is 6.34. The van der Waals surface area contributed by atoms with E-state index in [1.807, 2.05) is 13.0 Å². The molecule has 0 unspecified atom stereocenters. The molecule has 9 nitrogen and oxygen atoms in total. The SMILES string of the molecule is C[C@H](NC(=O)Nc1ccc(Oc2ccnc3cc(OC4CCOCC4)c4c(c23)OCCO4)cc1)c1ccc(F)cc1. The summed E-state index contributed by atoms with van der Waals surface area (Å²) >= 11 is 0. The molecule has 4 aromatic rings. The van der Waals surface area contributed by atoms with Crippen LogP contribution in [-0.2, 0) is 4.74 Å². The predicted molar refractivity (Wildman–Crippen MR) is 151 cm³/mol. The molecule has 41 heavy (non-hydrogen) atoms. The molecule has 2 aliphatic rings. The average Bonchev–Trinajstić information content (AvgIpc) is 2.99. The van der Waals surface area contributed by atoms with Crippen LogP contribution in [0.3, 0.4) is 0 Å². The van der Waals surface area contributed by atoms with E-state index in [9.17, 15) is 9.18 Å². The third-order valence-electron chi connectivity index (χ3n) is 6.96. The number of hydrogen-bond acceptors (Lipinski definition) is 7. The third-order valence-corrected chi connectivity index (χ3v) is 6.96. The number of hydrogen-bond donors (Lipinski definition) is 2. The highest BCUT2D eigenvalue weighted by atomic mass is 19.1. The zero-order chi connectivity index (χ0) is 28.2. The average molecular weight is 560 g/mol. The van der Waals surface area contributed by atoms with Gasteiger partial charge in [-0.05, 0) is 55.0 Å². The quantitative estimate of drug-likeness (QED) is 0.271. The number of carbonyl (C=O) groups is 1. The minimum Gasteiger partial charge on any atom is -0.486 e. The Bertz CT molecular complexity index is 1520. The molecule has 0 spiro atoms. The van der Waals surface area contributed by atoms with Crippen molar-refractivity contribution in [3.05, 3.63) is 78.2 Å². The van der Waals surface area contributed by atoms with Gasteiger partial charge in [0.2, 0.25) is 5.75 Å². The van der Waals surface area contributed by atoms with Crippen LogP contribution in [0, 0.1) is 5.82 Å². The van der Waals surface area contributed by atoms with Gasteiger partial charge in [0.05, 0.1) is 30.2 Å². The summed E-state index contributed by atoms with van der Waals surface area (Å²) in [4.78, 5) is 17.0. The second-order valence-electron chi connectivity index (χ2n) is 9.86. The van der Waals surface area contributed by atoms with Crippen molar-refractivity contribution in [2.75, 3.05) is 31.7 Å². The van der Waals surface area contributed by atoms with Crippen molar-refractivity contribution in [1.82, 2.24) is 10.3 Å². The van der Waals surface area contributed by atoms with Gasteiger partial charge in [-0.15, -0.1) is 0 Å². The molecule has 0 bridgehead atoms. The molecule has 6 rings (SSSR count). The second kappa shape index (κ2) is 11.9. The number of ether oxygens (including phenoxy) is 5. The fourth-order valence-corrected chi connectivity index (χ4v) is 4.85. The first-order chi connectivity index (χ1) is 20.0. The van der Waals surface area contributed by atoms with Crippen LogP contribution >= 0.6 is 0 Å². The lowest BCUT2D eigenvalue weighted by Crippen LogP contribution is -2.31. The van der Waals surface area contributed by atoms with Crippen LogP contribution in [0.25, 0.3) is 10.9 Å². The lowest BCUT2D eigenvalue weighted by atomic mass is 10.1. The molecular weight excluding hydrogens is 529 g/mol. The van der Waals surface area contributed by atoms with Crippen molar-refractivity contribution in [3.8, 4) is 28.7 Å². The molecule has 3 heterocycles. The number of nitrogens with zero attached hydrogens (tertiary/aromatic N) is 1. The molecule has 3 aromatic carbocycles. The van der Waals surface area contributed by atoms with E-state index in [1.165, 1.54) is 12.1 Å². The van der Waals surface area contributed by atoms with Crippen molar-refractivity contribution >= 4 is 22.6 Å². The number of carbonyl (C=O) groups excluding carboxylic acids is 1. The summed E-state index contributed by atoms with van der Waals surface area (Å²) in [7, 11) is 0. The van der Waals surface area contributed by atoms with E-state index in [-0.39, 0.29) is 24.0 Å². The van der Waals surface area contributed by atoms with Gasteiger partial charge < -0.3 is 34.3 Å². The number of nitrogens with one attached hydrogen (secondary N) is 2. The highest BCUT2D eigenvalue weighted by Crippen LogP contribution is 2.49. The molecule has 0 aliphatic carbocycles. The molecule has 212 valence electrons. The predicted octanol–water partition coefficient (Wildman–Crippen LogP) is 6.38. The first-order valence-electron chi connectivity index (χ1n) is 13.6. The maximum Gasteiger partial charge on any atom is 0.319 e. The van der Waals surface area contributed by atoms with Crippen molar-refractivity contribution in [3.63, 3.8) is 0 Å². The van der Waals surface area contributed by atoms with Gasteiger partial charge in [0.25, 0.3) is 0 Å². The van der Waals surface area contributed by atoms with Gasteiger partial charge in [0, 0.05) is 30.8 Å². The standard InChI is InChI=1S/C31H30FN3O6/c1-19(20-2-4-21(32)5-3-20)34-31(36)35-22-6-8-23(9-7-22)40-26-10-13-33-25-18-27(41-24-11-14-37-15-12-24)29-30(28(25)26)39-17-16-38-29/h2-10,13,18-19,24H,11-12,14-17H2,1H3,(H2,34,35,36)/t19-/m0/s1. The minimum absolute atomic E-state index is 0.0376. The molecule has 2 amide bonds. The normalized spacial score (nSPS) is 15.7. The van der Waals surface area contributed by atoms with Crippen molar-refractivity contribution in [2.24, 2.45) is 0 Å². The van der Waals surface area contributed by atoms with E-state index in [2.05, 4.69) is 15.6 Å². The van der Waals surface area contributed by atoms with Crippen LogP contribution in [0.5, 0.6) is 28.7 Å². The van der Waals surface area contributed by atoms with E-state index in [0.29, 0.717) is 71.8 Å². The van der Waals surface area contributed by atoms with E-state index in [0.717, 1.165) is 18.4 Å². The number of aromatic nitrogens is 1. The molecule has 1 atom stereocenters. The first kappa shape index (κ1) is 26.6. The van der Waals surface area contributed by atoms with Gasteiger partial charge in [0.1, 0.15) is 36.6 Å². The number of fused-ring (bicyclic) bond motifs is 3. The van der Waals surface area contributed by atoms with Crippen molar-refractivity contribution in [2.45, 2.75) is 31.9 Å². The van der Waals surface area contributed by atoms with Crippen LogP contribution < -0.4 is 29.6 Å². The summed E-state index contributed by atoms with van der Waals surface area (Å²) in [6, 6.07) is 16.0. The van der Waals surface area contributed by atoms with E-state index in [1.54, 1.807) is 48.7 Å². The van der Waals surface area contributed by atoms with Crippen LogP contribution in [0.2, 0.25) is 0 Å². The lowest BCUT2D eigenvalue weighted by Gasteiger charge is -2.27.